The van der Waals surface area contributed by atoms with Gasteiger partial charge in [-0.05, 0) is 41.5 Å². The Labute approximate surface area is 150 Å². The smallest absolute Gasteiger partial charge is 0.244 e. The molecule has 0 aromatic heterocycles. The van der Waals surface area contributed by atoms with E-state index in [0.717, 1.165) is 17.5 Å². The Morgan fingerprint density at radius 3 is 2.76 bits per heavy atom. The predicted octanol–water partition coefficient (Wildman–Crippen LogP) is 3.97. The van der Waals surface area contributed by atoms with E-state index in [1.165, 1.54) is 18.2 Å². The molecule has 0 spiro atoms. The van der Waals surface area contributed by atoms with Gasteiger partial charge in [0.05, 0.1) is 18.2 Å². The first-order chi connectivity index (χ1) is 12.1. The third kappa shape index (κ3) is 4.73. The number of ether oxygens (including phenoxy) is 2. The van der Waals surface area contributed by atoms with Crippen molar-refractivity contribution in [1.82, 2.24) is 5.32 Å². The number of benzene rings is 2. The van der Waals surface area contributed by atoms with E-state index >= 15 is 0 Å². The molecule has 25 heavy (non-hydrogen) atoms. The Morgan fingerprint density at radius 2 is 1.96 bits per heavy atom. The molecular weight excluding hydrogens is 345 g/mol. The Bertz CT molecular complexity index is 790. The van der Waals surface area contributed by atoms with Crippen LogP contribution in [0.4, 0.5) is 4.39 Å². The van der Waals surface area contributed by atoms with Gasteiger partial charge in [-0.2, -0.15) is 0 Å². The molecule has 0 bridgehead atoms. The van der Waals surface area contributed by atoms with E-state index in [0.29, 0.717) is 36.3 Å². The number of carbonyl (C=O) groups excluding carboxylic acids is 1. The second-order valence-corrected chi connectivity index (χ2v) is 5.97. The maximum Gasteiger partial charge on any atom is 0.244 e. The van der Waals surface area contributed by atoms with Gasteiger partial charge in [0, 0.05) is 19.0 Å². The van der Waals surface area contributed by atoms with Crippen molar-refractivity contribution >= 4 is 23.6 Å². The largest absolute Gasteiger partial charge is 0.489 e. The standard InChI is InChI=1S/C19H17ClFNO3/c20-16-10-14(11-17-19(16)25-9-1-8-24-17)4-7-18(23)22-12-13-2-5-15(21)6-3-13/h2-7,10-11H,1,8-9,12H2,(H,22,23). The Morgan fingerprint density at radius 1 is 1.20 bits per heavy atom. The quantitative estimate of drug-likeness (QED) is 0.838. The van der Waals surface area contributed by atoms with Gasteiger partial charge in [-0.15, -0.1) is 0 Å². The molecule has 6 heteroatoms. The van der Waals surface area contributed by atoms with Gasteiger partial charge in [0.2, 0.25) is 5.91 Å². The summed E-state index contributed by atoms with van der Waals surface area (Å²) in [4.78, 5) is 11.9. The zero-order valence-electron chi connectivity index (χ0n) is 13.4. The van der Waals surface area contributed by atoms with Crippen LogP contribution in [0.2, 0.25) is 5.02 Å². The van der Waals surface area contributed by atoms with Crippen molar-refractivity contribution in [3.05, 3.63) is 64.4 Å². The number of halogens is 2. The zero-order valence-corrected chi connectivity index (χ0v) is 14.2. The second kappa shape index (κ2) is 8.03. The molecule has 1 aliphatic heterocycles. The SMILES string of the molecule is O=C(C=Cc1cc(Cl)c2c(c1)OCCCO2)NCc1ccc(F)cc1. The normalized spacial score (nSPS) is 13.5. The summed E-state index contributed by atoms with van der Waals surface area (Å²) in [5, 5.41) is 3.19. The average Bonchev–Trinajstić information content (AvgIpc) is 2.85. The summed E-state index contributed by atoms with van der Waals surface area (Å²) >= 11 is 6.22. The highest BCUT2D eigenvalue weighted by Crippen LogP contribution is 2.38. The molecule has 0 fully saturated rings. The molecule has 1 N–H and O–H groups in total. The van der Waals surface area contributed by atoms with Crippen LogP contribution in [-0.2, 0) is 11.3 Å². The van der Waals surface area contributed by atoms with Gasteiger partial charge in [-0.1, -0.05) is 23.7 Å². The Hall–Kier alpha value is -2.53. The molecule has 130 valence electrons. The molecule has 3 rings (SSSR count). The fraction of sp³-hybridized carbons (Fsp3) is 0.211. The molecule has 0 atom stereocenters. The lowest BCUT2D eigenvalue weighted by Gasteiger charge is -2.10. The van der Waals surface area contributed by atoms with Crippen LogP contribution >= 0.6 is 11.6 Å². The van der Waals surface area contributed by atoms with E-state index in [-0.39, 0.29) is 11.7 Å². The fourth-order valence-electron chi connectivity index (χ4n) is 2.37. The van der Waals surface area contributed by atoms with Crippen LogP contribution in [0.25, 0.3) is 6.08 Å². The number of rotatable bonds is 4. The molecular formula is C19H17ClFNO3. The second-order valence-electron chi connectivity index (χ2n) is 5.56. The highest BCUT2D eigenvalue weighted by atomic mass is 35.5. The van der Waals surface area contributed by atoms with Crippen LogP contribution in [0.3, 0.4) is 0 Å². The van der Waals surface area contributed by atoms with E-state index in [9.17, 15) is 9.18 Å². The number of carbonyl (C=O) groups is 1. The number of amides is 1. The first kappa shape index (κ1) is 17.3. The summed E-state index contributed by atoms with van der Waals surface area (Å²) in [5.74, 6) is 0.558. The summed E-state index contributed by atoms with van der Waals surface area (Å²) in [6.45, 7) is 1.45. The molecule has 1 heterocycles. The lowest BCUT2D eigenvalue weighted by atomic mass is 10.2. The minimum Gasteiger partial charge on any atom is -0.489 e. The number of hydrogen-bond donors (Lipinski definition) is 1. The van der Waals surface area contributed by atoms with Gasteiger partial charge < -0.3 is 14.8 Å². The number of fused-ring (bicyclic) bond motifs is 1. The molecule has 0 unspecified atom stereocenters. The molecule has 1 amide bonds. The summed E-state index contributed by atoms with van der Waals surface area (Å²) in [6.07, 6.45) is 3.86. The van der Waals surface area contributed by atoms with Crippen molar-refractivity contribution in [3.63, 3.8) is 0 Å². The summed E-state index contributed by atoms with van der Waals surface area (Å²) < 4.78 is 24.0. The van der Waals surface area contributed by atoms with Crippen LogP contribution in [0.1, 0.15) is 17.5 Å². The summed E-state index contributed by atoms with van der Waals surface area (Å²) in [6, 6.07) is 9.48. The first-order valence-corrected chi connectivity index (χ1v) is 8.29. The minimum absolute atomic E-state index is 0.257. The van der Waals surface area contributed by atoms with Gasteiger partial charge in [0.25, 0.3) is 0 Å². The highest BCUT2D eigenvalue weighted by Gasteiger charge is 2.14. The highest BCUT2D eigenvalue weighted by molar-refractivity contribution is 6.32. The Balaban J connectivity index is 1.63. The zero-order chi connectivity index (χ0) is 17.6. The first-order valence-electron chi connectivity index (χ1n) is 7.91. The fourth-order valence-corrected chi connectivity index (χ4v) is 2.64. The van der Waals surface area contributed by atoms with Crippen molar-refractivity contribution in [1.29, 1.82) is 0 Å². The van der Waals surface area contributed by atoms with Gasteiger partial charge in [0.15, 0.2) is 11.5 Å². The monoisotopic (exact) mass is 361 g/mol. The molecule has 1 aliphatic rings. The van der Waals surface area contributed by atoms with Crippen LogP contribution in [0, 0.1) is 5.82 Å². The van der Waals surface area contributed by atoms with Crippen molar-refractivity contribution in [3.8, 4) is 11.5 Å². The topological polar surface area (TPSA) is 47.6 Å². The van der Waals surface area contributed by atoms with Crippen molar-refractivity contribution in [2.24, 2.45) is 0 Å². The lowest BCUT2D eigenvalue weighted by molar-refractivity contribution is -0.116. The molecule has 4 nitrogen and oxygen atoms in total. The van der Waals surface area contributed by atoms with Gasteiger partial charge in [-0.3, -0.25) is 4.79 Å². The van der Waals surface area contributed by atoms with Crippen molar-refractivity contribution in [2.45, 2.75) is 13.0 Å². The van der Waals surface area contributed by atoms with E-state index < -0.39 is 0 Å². The molecule has 2 aromatic rings. The van der Waals surface area contributed by atoms with E-state index in [1.807, 2.05) is 0 Å². The van der Waals surface area contributed by atoms with Gasteiger partial charge in [-0.25, -0.2) is 4.39 Å². The van der Waals surface area contributed by atoms with Crippen molar-refractivity contribution in [2.75, 3.05) is 13.2 Å². The maximum atomic E-state index is 12.8. The molecule has 0 saturated carbocycles. The predicted molar refractivity (Wildman–Crippen MR) is 94.3 cm³/mol. The van der Waals surface area contributed by atoms with Gasteiger partial charge in [0.1, 0.15) is 5.82 Å². The van der Waals surface area contributed by atoms with Crippen LogP contribution < -0.4 is 14.8 Å². The summed E-state index contributed by atoms with van der Waals surface area (Å²) in [7, 11) is 0. The molecule has 0 saturated heterocycles. The lowest BCUT2D eigenvalue weighted by Crippen LogP contribution is -2.20. The summed E-state index contributed by atoms with van der Waals surface area (Å²) in [5.41, 5.74) is 1.56. The number of hydrogen-bond acceptors (Lipinski definition) is 3. The molecule has 0 aliphatic carbocycles. The molecule has 0 radical (unpaired) electrons. The third-order valence-electron chi connectivity index (χ3n) is 3.63. The van der Waals surface area contributed by atoms with E-state index in [1.54, 1.807) is 30.3 Å². The van der Waals surface area contributed by atoms with E-state index in [2.05, 4.69) is 5.32 Å². The third-order valence-corrected chi connectivity index (χ3v) is 3.91. The van der Waals surface area contributed by atoms with Crippen LogP contribution in [0.5, 0.6) is 11.5 Å². The van der Waals surface area contributed by atoms with Gasteiger partial charge >= 0.3 is 0 Å². The Kier molecular flexibility index (Phi) is 5.56. The van der Waals surface area contributed by atoms with Crippen molar-refractivity contribution < 1.29 is 18.7 Å². The van der Waals surface area contributed by atoms with E-state index in [4.69, 9.17) is 21.1 Å². The number of nitrogens with one attached hydrogen (secondary N) is 1. The maximum absolute atomic E-state index is 12.8. The molecule has 2 aromatic carbocycles. The van der Waals surface area contributed by atoms with Crippen LogP contribution in [-0.4, -0.2) is 19.1 Å². The van der Waals surface area contributed by atoms with Crippen LogP contribution in [0.15, 0.2) is 42.5 Å². The minimum atomic E-state index is -0.304. The average molecular weight is 362 g/mol.